The summed E-state index contributed by atoms with van der Waals surface area (Å²) in [6.07, 6.45) is 0.885. The summed E-state index contributed by atoms with van der Waals surface area (Å²) in [5.41, 5.74) is 1.19. The zero-order valence-electron chi connectivity index (χ0n) is 14.6. The standard InChI is InChI=1S/C18H24N2O4S/c1-11(2)16(24-18(23)12-3-4-15(21)19-9-12)17(22)20-7-5-14-13(10-20)6-8-25-14/h6,8,11-12,16H,3-5,7,9-10H2,1-2H3,(H,19,21)/t12-,16+/m0/s1. The lowest BCUT2D eigenvalue weighted by Crippen LogP contribution is -2.47. The van der Waals surface area contributed by atoms with Crippen LogP contribution in [0.4, 0.5) is 0 Å². The Hall–Kier alpha value is -1.89. The summed E-state index contributed by atoms with van der Waals surface area (Å²) in [5.74, 6) is -1.02. The number of nitrogens with one attached hydrogen (secondary N) is 1. The largest absolute Gasteiger partial charge is 0.452 e. The Morgan fingerprint density at radius 1 is 1.36 bits per heavy atom. The van der Waals surface area contributed by atoms with Crippen LogP contribution in [0.2, 0.25) is 0 Å². The van der Waals surface area contributed by atoms with Gasteiger partial charge in [0.2, 0.25) is 5.91 Å². The van der Waals surface area contributed by atoms with Crippen LogP contribution >= 0.6 is 11.3 Å². The van der Waals surface area contributed by atoms with Crippen molar-refractivity contribution in [1.82, 2.24) is 10.2 Å². The molecule has 0 saturated carbocycles. The van der Waals surface area contributed by atoms with Gasteiger partial charge in [0.15, 0.2) is 6.10 Å². The Kier molecular flexibility index (Phi) is 5.42. The molecule has 7 heteroatoms. The van der Waals surface area contributed by atoms with Crippen LogP contribution in [0.25, 0.3) is 0 Å². The summed E-state index contributed by atoms with van der Waals surface area (Å²) < 4.78 is 5.59. The van der Waals surface area contributed by atoms with E-state index in [2.05, 4.69) is 16.8 Å². The molecule has 0 unspecified atom stereocenters. The highest BCUT2D eigenvalue weighted by molar-refractivity contribution is 7.10. The van der Waals surface area contributed by atoms with Gasteiger partial charge in [-0.25, -0.2) is 0 Å². The highest BCUT2D eigenvalue weighted by Crippen LogP contribution is 2.26. The number of nitrogens with zero attached hydrogens (tertiary/aromatic N) is 1. The van der Waals surface area contributed by atoms with E-state index in [9.17, 15) is 14.4 Å². The summed E-state index contributed by atoms with van der Waals surface area (Å²) in [5, 5.41) is 4.73. The lowest BCUT2D eigenvalue weighted by molar-refractivity contribution is -0.167. The minimum Gasteiger partial charge on any atom is -0.452 e. The summed E-state index contributed by atoms with van der Waals surface area (Å²) in [6.45, 7) is 5.31. The summed E-state index contributed by atoms with van der Waals surface area (Å²) in [4.78, 5) is 39.7. The quantitative estimate of drug-likeness (QED) is 0.826. The average Bonchev–Trinajstić information content (AvgIpc) is 3.06. The van der Waals surface area contributed by atoms with Crippen LogP contribution in [0.1, 0.15) is 37.1 Å². The minimum atomic E-state index is -0.773. The van der Waals surface area contributed by atoms with Crippen molar-refractivity contribution in [1.29, 1.82) is 0 Å². The van der Waals surface area contributed by atoms with Gasteiger partial charge in [0.25, 0.3) is 5.91 Å². The van der Waals surface area contributed by atoms with Gasteiger partial charge in [-0.05, 0) is 35.8 Å². The van der Waals surface area contributed by atoms with Gasteiger partial charge >= 0.3 is 5.97 Å². The molecule has 1 aromatic heterocycles. The second-order valence-corrected chi connectivity index (χ2v) is 8.02. The summed E-state index contributed by atoms with van der Waals surface area (Å²) >= 11 is 1.73. The molecule has 25 heavy (non-hydrogen) atoms. The van der Waals surface area contributed by atoms with E-state index in [1.807, 2.05) is 13.8 Å². The number of fused-ring (bicyclic) bond motifs is 1. The topological polar surface area (TPSA) is 75.7 Å². The van der Waals surface area contributed by atoms with Crippen LogP contribution < -0.4 is 5.32 Å². The van der Waals surface area contributed by atoms with Crippen LogP contribution in [0.15, 0.2) is 11.4 Å². The van der Waals surface area contributed by atoms with Crippen LogP contribution in [0, 0.1) is 11.8 Å². The van der Waals surface area contributed by atoms with E-state index in [-0.39, 0.29) is 29.6 Å². The molecular formula is C18H24N2O4S. The second kappa shape index (κ2) is 7.56. The molecular weight excluding hydrogens is 340 g/mol. The lowest BCUT2D eigenvalue weighted by atomic mass is 9.98. The highest BCUT2D eigenvalue weighted by atomic mass is 32.1. The van der Waals surface area contributed by atoms with E-state index in [1.165, 1.54) is 10.4 Å². The zero-order valence-corrected chi connectivity index (χ0v) is 15.4. The fourth-order valence-corrected chi connectivity index (χ4v) is 4.13. The molecule has 2 aliphatic rings. The smallest absolute Gasteiger partial charge is 0.311 e. The highest BCUT2D eigenvalue weighted by Gasteiger charge is 2.35. The third-order valence-corrected chi connectivity index (χ3v) is 5.83. The SMILES string of the molecule is CC(C)[C@@H](OC(=O)[C@H]1CCC(=O)NC1)C(=O)N1CCc2sccc2C1. The number of piperidine rings is 1. The van der Waals surface area contributed by atoms with Crippen molar-refractivity contribution in [2.24, 2.45) is 11.8 Å². The molecule has 3 rings (SSSR count). The Labute approximate surface area is 151 Å². The fraction of sp³-hybridized carbons (Fsp3) is 0.611. The van der Waals surface area contributed by atoms with Crippen molar-refractivity contribution in [3.05, 3.63) is 21.9 Å². The van der Waals surface area contributed by atoms with Crippen LogP contribution in [0.5, 0.6) is 0 Å². The molecule has 136 valence electrons. The third kappa shape index (κ3) is 4.03. The lowest BCUT2D eigenvalue weighted by Gasteiger charge is -2.32. The van der Waals surface area contributed by atoms with Gasteiger partial charge in [-0.3, -0.25) is 14.4 Å². The first-order chi connectivity index (χ1) is 12.0. The molecule has 1 fully saturated rings. The van der Waals surface area contributed by atoms with Crippen LogP contribution in [-0.2, 0) is 32.1 Å². The van der Waals surface area contributed by atoms with Gasteiger partial charge < -0.3 is 15.0 Å². The average molecular weight is 364 g/mol. The zero-order chi connectivity index (χ0) is 18.0. The molecule has 2 amide bonds. The van der Waals surface area contributed by atoms with Gasteiger partial charge in [-0.1, -0.05) is 13.8 Å². The first-order valence-corrected chi connectivity index (χ1v) is 9.65. The number of hydrogen-bond donors (Lipinski definition) is 1. The molecule has 0 bridgehead atoms. The fourth-order valence-electron chi connectivity index (χ4n) is 3.24. The number of hydrogen-bond acceptors (Lipinski definition) is 5. The Balaban J connectivity index is 1.63. The van der Waals surface area contributed by atoms with E-state index >= 15 is 0 Å². The van der Waals surface area contributed by atoms with E-state index in [0.717, 1.165) is 6.42 Å². The van der Waals surface area contributed by atoms with Crippen LogP contribution in [0.3, 0.4) is 0 Å². The summed E-state index contributed by atoms with van der Waals surface area (Å²) in [7, 11) is 0. The van der Waals surface area contributed by atoms with Gasteiger partial charge in [-0.15, -0.1) is 11.3 Å². The molecule has 3 heterocycles. The first kappa shape index (κ1) is 17.9. The number of thiophene rings is 1. The maximum absolute atomic E-state index is 12.9. The van der Waals surface area contributed by atoms with E-state index in [0.29, 0.717) is 32.5 Å². The van der Waals surface area contributed by atoms with Gasteiger partial charge in [-0.2, -0.15) is 0 Å². The van der Waals surface area contributed by atoms with Gasteiger partial charge in [0.05, 0.1) is 5.92 Å². The Bertz CT molecular complexity index is 660. The number of carbonyl (C=O) groups is 3. The number of esters is 1. The molecule has 6 nitrogen and oxygen atoms in total. The summed E-state index contributed by atoms with van der Waals surface area (Å²) in [6, 6.07) is 2.06. The van der Waals surface area contributed by atoms with Crippen molar-refractivity contribution >= 4 is 29.1 Å². The molecule has 1 aromatic rings. The maximum Gasteiger partial charge on any atom is 0.311 e. The van der Waals surface area contributed by atoms with Crippen LogP contribution in [-0.4, -0.2) is 41.9 Å². The minimum absolute atomic E-state index is 0.0413. The first-order valence-electron chi connectivity index (χ1n) is 8.77. The van der Waals surface area contributed by atoms with Gasteiger partial charge in [0.1, 0.15) is 0 Å². The molecule has 0 spiro atoms. The van der Waals surface area contributed by atoms with Crippen molar-refractivity contribution in [3.8, 4) is 0 Å². The molecule has 2 atom stereocenters. The number of carbonyl (C=O) groups excluding carboxylic acids is 3. The number of rotatable bonds is 4. The van der Waals surface area contributed by atoms with E-state index < -0.39 is 6.10 Å². The Morgan fingerprint density at radius 2 is 2.16 bits per heavy atom. The molecule has 1 N–H and O–H groups in total. The normalized spacial score (nSPS) is 21.5. The van der Waals surface area contributed by atoms with Crippen molar-refractivity contribution in [2.45, 2.75) is 45.8 Å². The monoisotopic (exact) mass is 364 g/mol. The molecule has 0 aliphatic carbocycles. The van der Waals surface area contributed by atoms with E-state index in [1.54, 1.807) is 16.2 Å². The predicted octanol–water partition coefficient (Wildman–Crippen LogP) is 1.73. The van der Waals surface area contributed by atoms with Gasteiger partial charge in [0, 0.05) is 30.9 Å². The molecule has 0 aromatic carbocycles. The second-order valence-electron chi connectivity index (χ2n) is 7.02. The number of ether oxygens (including phenoxy) is 1. The van der Waals surface area contributed by atoms with E-state index in [4.69, 9.17) is 4.74 Å². The van der Waals surface area contributed by atoms with Crippen molar-refractivity contribution in [2.75, 3.05) is 13.1 Å². The van der Waals surface area contributed by atoms with Crippen molar-refractivity contribution in [3.63, 3.8) is 0 Å². The molecule has 2 aliphatic heterocycles. The molecule has 0 radical (unpaired) electrons. The predicted molar refractivity (Wildman–Crippen MR) is 93.9 cm³/mol. The van der Waals surface area contributed by atoms with Crippen molar-refractivity contribution < 1.29 is 19.1 Å². The number of amides is 2. The third-order valence-electron chi connectivity index (χ3n) is 4.81. The molecule has 1 saturated heterocycles. The maximum atomic E-state index is 12.9. The Morgan fingerprint density at radius 3 is 2.84 bits per heavy atom.